The Bertz CT molecular complexity index is 488. The van der Waals surface area contributed by atoms with E-state index in [9.17, 15) is 0 Å². The molecule has 0 fully saturated rings. The molecule has 1 atom stereocenters. The van der Waals surface area contributed by atoms with Gasteiger partial charge in [-0.05, 0) is 30.0 Å². The van der Waals surface area contributed by atoms with Crippen LogP contribution in [0.5, 0.6) is 0 Å². The van der Waals surface area contributed by atoms with Crippen molar-refractivity contribution < 1.29 is 1.43 Å². The van der Waals surface area contributed by atoms with Crippen molar-refractivity contribution in [1.82, 2.24) is 9.97 Å². The van der Waals surface area contributed by atoms with Crippen LogP contribution in [0, 0.1) is 0 Å². The maximum absolute atomic E-state index is 4.58. The fraction of sp³-hybridized carbons (Fsp3) is 0.500. The molecule has 0 saturated heterocycles. The maximum atomic E-state index is 4.58. The van der Waals surface area contributed by atoms with Gasteiger partial charge in [0.2, 0.25) is 0 Å². The predicted molar refractivity (Wildman–Crippen MR) is 71.0 cm³/mol. The summed E-state index contributed by atoms with van der Waals surface area (Å²) < 4.78 is 0. The fourth-order valence-electron chi connectivity index (χ4n) is 1.86. The Kier molecular flexibility index (Phi) is 2.99. The summed E-state index contributed by atoms with van der Waals surface area (Å²) in [6, 6.07) is 6.56. The Morgan fingerprint density at radius 3 is 2.69 bits per heavy atom. The van der Waals surface area contributed by atoms with Crippen molar-refractivity contribution in [3.63, 3.8) is 0 Å². The monoisotopic (exact) mass is 218 g/mol. The molecule has 0 spiro atoms. The Hall–Kier alpha value is -1.31. The summed E-state index contributed by atoms with van der Waals surface area (Å²) >= 11 is 0. The molecule has 2 heteroatoms. The van der Waals surface area contributed by atoms with E-state index >= 15 is 0 Å². The summed E-state index contributed by atoms with van der Waals surface area (Å²) in [6.07, 6.45) is 1.18. The molecule has 1 heterocycles. The van der Waals surface area contributed by atoms with E-state index in [-0.39, 0.29) is 1.43 Å². The quantitative estimate of drug-likeness (QED) is 0.810. The highest BCUT2D eigenvalue weighted by Crippen LogP contribution is 2.23. The zero-order chi connectivity index (χ0) is 11.7. The van der Waals surface area contributed by atoms with Gasteiger partial charge in [-0.2, -0.15) is 0 Å². The summed E-state index contributed by atoms with van der Waals surface area (Å²) in [5, 5.41) is 0. The molecule has 2 nitrogen and oxygen atoms in total. The van der Waals surface area contributed by atoms with E-state index in [1.807, 2.05) is 0 Å². The lowest BCUT2D eigenvalue weighted by Gasteiger charge is -2.07. The van der Waals surface area contributed by atoms with Crippen molar-refractivity contribution in [2.24, 2.45) is 0 Å². The number of benzene rings is 1. The van der Waals surface area contributed by atoms with Gasteiger partial charge in [0.15, 0.2) is 0 Å². The Morgan fingerprint density at radius 1 is 1.31 bits per heavy atom. The van der Waals surface area contributed by atoms with E-state index in [4.69, 9.17) is 0 Å². The van der Waals surface area contributed by atoms with Crippen LogP contribution >= 0.6 is 0 Å². The third-order valence-electron chi connectivity index (χ3n) is 3.25. The van der Waals surface area contributed by atoms with Crippen LogP contribution in [0.1, 0.15) is 58.8 Å². The normalized spacial score (nSPS) is 13.6. The number of imidazole rings is 1. The lowest BCUT2D eigenvalue weighted by Crippen LogP contribution is -1.90. The van der Waals surface area contributed by atoms with E-state index < -0.39 is 0 Å². The van der Waals surface area contributed by atoms with Crippen molar-refractivity contribution in [2.45, 2.75) is 46.0 Å². The van der Waals surface area contributed by atoms with E-state index in [1.165, 1.54) is 17.5 Å². The summed E-state index contributed by atoms with van der Waals surface area (Å²) in [7, 11) is 0. The minimum Gasteiger partial charge on any atom is -0.342 e. The first kappa shape index (κ1) is 11.2. The van der Waals surface area contributed by atoms with Crippen LogP contribution in [0.25, 0.3) is 11.0 Å². The van der Waals surface area contributed by atoms with E-state index in [2.05, 4.69) is 55.9 Å². The third-order valence-corrected chi connectivity index (χ3v) is 3.25. The molecular formula is C14H22N2. The van der Waals surface area contributed by atoms with Gasteiger partial charge in [-0.25, -0.2) is 4.98 Å². The average molecular weight is 218 g/mol. The van der Waals surface area contributed by atoms with Gasteiger partial charge in [-0.1, -0.05) is 33.8 Å². The lowest BCUT2D eigenvalue weighted by atomic mass is 9.98. The SMILES string of the molecule is CCC(C)c1ccc2nc(C(C)C)[nH]c2c1.[HH]. The van der Waals surface area contributed by atoms with Crippen LogP contribution < -0.4 is 0 Å². The van der Waals surface area contributed by atoms with Gasteiger partial charge >= 0.3 is 0 Å². The molecule has 16 heavy (non-hydrogen) atoms. The molecule has 0 aliphatic rings. The number of nitrogens with one attached hydrogen (secondary N) is 1. The highest BCUT2D eigenvalue weighted by atomic mass is 14.9. The average Bonchev–Trinajstić information content (AvgIpc) is 2.70. The van der Waals surface area contributed by atoms with Crippen molar-refractivity contribution in [1.29, 1.82) is 0 Å². The highest BCUT2D eigenvalue weighted by Gasteiger charge is 2.08. The first-order chi connectivity index (χ1) is 7.61. The molecule has 2 rings (SSSR count). The molecular weight excluding hydrogens is 196 g/mol. The topological polar surface area (TPSA) is 28.7 Å². The van der Waals surface area contributed by atoms with Crippen molar-refractivity contribution in [3.8, 4) is 0 Å². The lowest BCUT2D eigenvalue weighted by molar-refractivity contribution is 0.734. The van der Waals surface area contributed by atoms with Gasteiger partial charge in [0.25, 0.3) is 0 Å². The van der Waals surface area contributed by atoms with Crippen molar-refractivity contribution in [3.05, 3.63) is 29.6 Å². The first-order valence-electron chi connectivity index (χ1n) is 6.11. The standard InChI is InChI=1S/C14H20N2.H2/c1-5-10(4)11-6-7-12-13(8-11)16-14(15-12)9(2)3;/h6-10H,5H2,1-4H3,(H,15,16);1H. The fourth-order valence-corrected chi connectivity index (χ4v) is 1.86. The molecule has 2 aromatic rings. The zero-order valence-electron chi connectivity index (χ0n) is 10.5. The van der Waals surface area contributed by atoms with E-state index in [1.54, 1.807) is 0 Å². The van der Waals surface area contributed by atoms with Gasteiger partial charge in [0.1, 0.15) is 5.82 Å². The number of rotatable bonds is 3. The smallest absolute Gasteiger partial charge is 0.109 e. The number of hydrogen-bond donors (Lipinski definition) is 1. The van der Waals surface area contributed by atoms with Gasteiger partial charge in [0, 0.05) is 7.34 Å². The molecule has 1 N–H and O–H groups in total. The summed E-state index contributed by atoms with van der Waals surface area (Å²) in [5.41, 5.74) is 3.64. The van der Waals surface area contributed by atoms with Gasteiger partial charge < -0.3 is 4.98 Å². The van der Waals surface area contributed by atoms with Gasteiger partial charge in [-0.15, -0.1) is 0 Å². The van der Waals surface area contributed by atoms with Gasteiger partial charge in [0.05, 0.1) is 11.0 Å². The summed E-state index contributed by atoms with van der Waals surface area (Å²) in [6.45, 7) is 8.81. The van der Waals surface area contributed by atoms with Crippen LogP contribution in [0.4, 0.5) is 0 Å². The van der Waals surface area contributed by atoms with E-state index in [0.29, 0.717) is 11.8 Å². The Morgan fingerprint density at radius 2 is 2.06 bits per heavy atom. The van der Waals surface area contributed by atoms with Gasteiger partial charge in [-0.3, -0.25) is 0 Å². The van der Waals surface area contributed by atoms with Crippen molar-refractivity contribution in [2.75, 3.05) is 0 Å². The minimum atomic E-state index is 0. The van der Waals surface area contributed by atoms with Crippen LogP contribution in [0.15, 0.2) is 18.2 Å². The summed E-state index contributed by atoms with van der Waals surface area (Å²) in [5.74, 6) is 2.16. The largest absolute Gasteiger partial charge is 0.342 e. The van der Waals surface area contributed by atoms with E-state index in [0.717, 1.165) is 11.3 Å². The maximum Gasteiger partial charge on any atom is 0.109 e. The molecule has 0 amide bonds. The van der Waals surface area contributed by atoms with Crippen molar-refractivity contribution >= 4 is 11.0 Å². The molecule has 88 valence electrons. The molecule has 1 aromatic heterocycles. The zero-order valence-corrected chi connectivity index (χ0v) is 10.5. The molecule has 0 radical (unpaired) electrons. The second-order valence-corrected chi connectivity index (χ2v) is 4.86. The highest BCUT2D eigenvalue weighted by molar-refractivity contribution is 5.76. The summed E-state index contributed by atoms with van der Waals surface area (Å²) in [4.78, 5) is 7.99. The molecule has 1 unspecified atom stereocenters. The number of fused-ring (bicyclic) bond motifs is 1. The molecule has 0 saturated carbocycles. The molecule has 1 aromatic carbocycles. The minimum absolute atomic E-state index is 0. The second-order valence-electron chi connectivity index (χ2n) is 4.86. The number of aromatic amines is 1. The number of nitrogens with zero attached hydrogens (tertiary/aromatic N) is 1. The Labute approximate surface area is 98.6 Å². The number of aromatic nitrogens is 2. The van der Waals surface area contributed by atoms with Crippen LogP contribution in [0.3, 0.4) is 0 Å². The predicted octanol–water partition coefficient (Wildman–Crippen LogP) is 4.45. The third kappa shape index (κ3) is 1.97. The first-order valence-corrected chi connectivity index (χ1v) is 6.11. The number of hydrogen-bond acceptors (Lipinski definition) is 1. The number of H-pyrrole nitrogens is 1. The molecule has 0 aliphatic carbocycles. The molecule has 0 bridgehead atoms. The molecule has 0 aliphatic heterocycles. The Balaban J connectivity index is 0.00000144. The van der Waals surface area contributed by atoms with Crippen LogP contribution in [0.2, 0.25) is 0 Å². The van der Waals surface area contributed by atoms with Crippen LogP contribution in [-0.2, 0) is 0 Å². The van der Waals surface area contributed by atoms with Crippen LogP contribution in [-0.4, -0.2) is 9.97 Å². The second kappa shape index (κ2) is 4.28.